The summed E-state index contributed by atoms with van der Waals surface area (Å²) in [4.78, 5) is 2.27. The molecule has 3 heteroatoms. The molecule has 3 nitrogen and oxygen atoms in total. The molecule has 2 atom stereocenters. The number of hydrogen-bond donors (Lipinski definition) is 1. The van der Waals surface area contributed by atoms with E-state index in [9.17, 15) is 0 Å². The summed E-state index contributed by atoms with van der Waals surface area (Å²) in [5, 5.41) is 0. The van der Waals surface area contributed by atoms with Crippen molar-refractivity contribution in [2.45, 2.75) is 39.2 Å². The van der Waals surface area contributed by atoms with Gasteiger partial charge in [-0.3, -0.25) is 0 Å². The van der Waals surface area contributed by atoms with Gasteiger partial charge in [-0.1, -0.05) is 25.5 Å². The van der Waals surface area contributed by atoms with Crippen molar-refractivity contribution < 1.29 is 4.74 Å². The van der Waals surface area contributed by atoms with E-state index in [2.05, 4.69) is 37.9 Å². The van der Waals surface area contributed by atoms with Crippen LogP contribution in [-0.2, 0) is 0 Å². The van der Waals surface area contributed by atoms with Gasteiger partial charge in [0.1, 0.15) is 5.75 Å². The Morgan fingerprint density at radius 2 is 1.89 bits per heavy atom. The molecule has 0 saturated heterocycles. The molecular weight excluding hydrogens is 236 g/mol. The number of nitrogens with two attached hydrogens (primary N) is 1. The smallest absolute Gasteiger partial charge is 0.142 e. The van der Waals surface area contributed by atoms with Gasteiger partial charge >= 0.3 is 0 Å². The van der Waals surface area contributed by atoms with Crippen LogP contribution >= 0.6 is 0 Å². The normalized spacial score (nSPS) is 13.9. The molecule has 108 valence electrons. The van der Waals surface area contributed by atoms with E-state index in [0.29, 0.717) is 12.0 Å². The second-order valence-corrected chi connectivity index (χ2v) is 5.57. The van der Waals surface area contributed by atoms with Gasteiger partial charge in [0.2, 0.25) is 0 Å². The molecule has 0 aliphatic heterocycles. The van der Waals surface area contributed by atoms with Crippen LogP contribution in [0.5, 0.6) is 5.75 Å². The number of benzene rings is 1. The quantitative estimate of drug-likeness (QED) is 0.783. The largest absolute Gasteiger partial charge is 0.495 e. The first-order valence-corrected chi connectivity index (χ1v) is 7.14. The molecule has 0 fully saturated rings. The number of anilines is 1. The highest BCUT2D eigenvalue weighted by Gasteiger charge is 2.11. The Morgan fingerprint density at radius 1 is 1.21 bits per heavy atom. The number of hydrogen-bond acceptors (Lipinski definition) is 3. The zero-order valence-electron chi connectivity index (χ0n) is 12.7. The summed E-state index contributed by atoms with van der Waals surface area (Å²) in [6.45, 7) is 5.41. The van der Waals surface area contributed by atoms with Crippen molar-refractivity contribution in [3.8, 4) is 5.75 Å². The molecule has 1 aromatic rings. The molecule has 0 aromatic heterocycles. The first kappa shape index (κ1) is 15.8. The van der Waals surface area contributed by atoms with Crippen molar-refractivity contribution in [1.82, 2.24) is 0 Å². The van der Waals surface area contributed by atoms with E-state index in [4.69, 9.17) is 10.5 Å². The van der Waals surface area contributed by atoms with Gasteiger partial charge in [0.25, 0.3) is 0 Å². The van der Waals surface area contributed by atoms with Crippen LogP contribution in [0.25, 0.3) is 0 Å². The van der Waals surface area contributed by atoms with Gasteiger partial charge in [0.15, 0.2) is 0 Å². The van der Waals surface area contributed by atoms with Crippen molar-refractivity contribution >= 4 is 5.69 Å². The molecule has 1 aromatic carbocycles. The Balaban J connectivity index is 2.47. The van der Waals surface area contributed by atoms with Crippen LogP contribution < -0.4 is 15.4 Å². The zero-order valence-corrected chi connectivity index (χ0v) is 12.7. The van der Waals surface area contributed by atoms with Crippen molar-refractivity contribution in [3.63, 3.8) is 0 Å². The molecular formula is C16H28N2O. The maximum absolute atomic E-state index is 5.78. The maximum Gasteiger partial charge on any atom is 0.142 e. The van der Waals surface area contributed by atoms with Crippen LogP contribution in [0.4, 0.5) is 5.69 Å². The topological polar surface area (TPSA) is 38.5 Å². The minimum atomic E-state index is 0.319. The van der Waals surface area contributed by atoms with E-state index in [1.165, 1.54) is 12.8 Å². The summed E-state index contributed by atoms with van der Waals surface area (Å²) in [7, 11) is 3.85. The fourth-order valence-electron chi connectivity index (χ4n) is 2.39. The molecule has 19 heavy (non-hydrogen) atoms. The van der Waals surface area contributed by atoms with Crippen molar-refractivity contribution in [2.24, 2.45) is 11.7 Å². The average molecular weight is 264 g/mol. The molecule has 0 spiro atoms. The molecule has 2 unspecified atom stereocenters. The molecule has 2 N–H and O–H groups in total. The molecule has 0 saturated carbocycles. The predicted molar refractivity (Wildman–Crippen MR) is 82.9 cm³/mol. The monoisotopic (exact) mass is 264 g/mol. The van der Waals surface area contributed by atoms with Gasteiger partial charge in [-0.05, 0) is 37.8 Å². The number of rotatable bonds is 8. The summed E-state index contributed by atoms with van der Waals surface area (Å²) in [5.74, 6) is 1.60. The lowest BCUT2D eigenvalue weighted by molar-refractivity contribution is 0.413. The summed E-state index contributed by atoms with van der Waals surface area (Å²) in [6, 6.07) is 8.48. The number of methoxy groups -OCH3 is 1. The summed E-state index contributed by atoms with van der Waals surface area (Å²) >= 11 is 0. The molecule has 0 heterocycles. The third-order valence-corrected chi connectivity index (χ3v) is 3.44. The van der Waals surface area contributed by atoms with Gasteiger partial charge in [0.05, 0.1) is 12.8 Å². The van der Waals surface area contributed by atoms with Gasteiger partial charge in [-0.15, -0.1) is 0 Å². The van der Waals surface area contributed by atoms with Crippen molar-refractivity contribution in [1.29, 1.82) is 0 Å². The first-order valence-electron chi connectivity index (χ1n) is 7.14. The highest BCUT2D eigenvalue weighted by Crippen LogP contribution is 2.27. The summed E-state index contributed by atoms with van der Waals surface area (Å²) in [6.07, 6.45) is 3.54. The van der Waals surface area contributed by atoms with Gasteiger partial charge in [0, 0.05) is 19.6 Å². The first-order chi connectivity index (χ1) is 9.04. The molecule has 0 bridgehead atoms. The average Bonchev–Trinajstić information content (AvgIpc) is 2.38. The van der Waals surface area contributed by atoms with E-state index in [1.807, 2.05) is 12.1 Å². The van der Waals surface area contributed by atoms with Crippen molar-refractivity contribution in [2.75, 3.05) is 25.6 Å². The second kappa shape index (κ2) is 8.05. The molecule has 0 amide bonds. The fourth-order valence-corrected chi connectivity index (χ4v) is 2.39. The van der Waals surface area contributed by atoms with E-state index < -0.39 is 0 Å². The van der Waals surface area contributed by atoms with Crippen molar-refractivity contribution in [3.05, 3.63) is 24.3 Å². The van der Waals surface area contributed by atoms with E-state index in [-0.39, 0.29) is 0 Å². The highest BCUT2D eigenvalue weighted by atomic mass is 16.5. The zero-order chi connectivity index (χ0) is 14.3. The SMILES string of the molecule is COc1ccccc1N(C)CC(C)CCCC(C)N. The fraction of sp³-hybridized carbons (Fsp3) is 0.625. The van der Waals surface area contributed by atoms with Crippen LogP contribution in [0.15, 0.2) is 24.3 Å². The van der Waals surface area contributed by atoms with E-state index in [1.54, 1.807) is 7.11 Å². The Bertz CT molecular complexity index is 366. The van der Waals surface area contributed by atoms with E-state index >= 15 is 0 Å². The number of ether oxygens (including phenoxy) is 1. The lowest BCUT2D eigenvalue weighted by Gasteiger charge is -2.25. The van der Waals surface area contributed by atoms with E-state index in [0.717, 1.165) is 24.4 Å². The molecule has 0 radical (unpaired) electrons. The van der Waals surface area contributed by atoms with Gasteiger partial charge in [-0.25, -0.2) is 0 Å². The minimum Gasteiger partial charge on any atom is -0.495 e. The Kier molecular flexibility index (Phi) is 6.71. The standard InChI is InChI=1S/C16H28N2O/c1-13(8-7-9-14(2)17)12-18(3)15-10-5-6-11-16(15)19-4/h5-6,10-11,13-14H,7-9,12,17H2,1-4H3. The van der Waals surface area contributed by atoms with Crippen LogP contribution in [0.1, 0.15) is 33.1 Å². The van der Waals surface area contributed by atoms with Crippen LogP contribution in [0.3, 0.4) is 0 Å². The molecule has 1 rings (SSSR count). The third kappa shape index (κ3) is 5.52. The third-order valence-electron chi connectivity index (χ3n) is 3.44. The Hall–Kier alpha value is -1.22. The number of nitrogens with zero attached hydrogens (tertiary/aromatic N) is 1. The van der Waals surface area contributed by atoms with Gasteiger partial charge < -0.3 is 15.4 Å². The molecule has 0 aliphatic rings. The minimum absolute atomic E-state index is 0.319. The lowest BCUT2D eigenvalue weighted by atomic mass is 10.0. The van der Waals surface area contributed by atoms with Gasteiger partial charge in [-0.2, -0.15) is 0 Å². The maximum atomic E-state index is 5.78. The Labute approximate surface area is 117 Å². The van der Waals surface area contributed by atoms with Crippen LogP contribution in [-0.4, -0.2) is 26.7 Å². The predicted octanol–water partition coefficient (Wildman–Crippen LogP) is 3.29. The van der Waals surface area contributed by atoms with Crippen LogP contribution in [0.2, 0.25) is 0 Å². The highest BCUT2D eigenvalue weighted by molar-refractivity contribution is 5.57. The lowest BCUT2D eigenvalue weighted by Crippen LogP contribution is -2.24. The Morgan fingerprint density at radius 3 is 2.53 bits per heavy atom. The summed E-state index contributed by atoms with van der Waals surface area (Å²) < 4.78 is 5.40. The summed E-state index contributed by atoms with van der Waals surface area (Å²) in [5.41, 5.74) is 6.94. The molecule has 0 aliphatic carbocycles. The van der Waals surface area contributed by atoms with Crippen LogP contribution in [0, 0.1) is 5.92 Å². The second-order valence-electron chi connectivity index (χ2n) is 5.57. The number of para-hydroxylation sites is 2.